The molecule has 0 heterocycles. The van der Waals surface area contributed by atoms with Gasteiger partial charge >= 0.3 is 5.97 Å². The van der Waals surface area contributed by atoms with Gasteiger partial charge in [0, 0.05) is 5.75 Å². The van der Waals surface area contributed by atoms with Crippen LogP contribution in [0.1, 0.15) is 23.1 Å². The highest BCUT2D eigenvalue weighted by molar-refractivity contribution is 7.98. The van der Waals surface area contributed by atoms with E-state index < -0.39 is 6.04 Å². The van der Waals surface area contributed by atoms with Gasteiger partial charge in [-0.3, -0.25) is 4.79 Å². The second kappa shape index (κ2) is 7.44. The van der Waals surface area contributed by atoms with E-state index in [0.29, 0.717) is 6.42 Å². The van der Waals surface area contributed by atoms with Crippen LogP contribution in [0.5, 0.6) is 0 Å². The van der Waals surface area contributed by atoms with Crippen molar-refractivity contribution in [2.24, 2.45) is 5.73 Å². The second-order valence-corrected chi connectivity index (χ2v) is 5.45. The molecule has 1 aromatic carbocycles. The van der Waals surface area contributed by atoms with Crippen LogP contribution in [-0.4, -0.2) is 24.9 Å². The third-order valence-corrected chi connectivity index (χ3v) is 3.99. The van der Waals surface area contributed by atoms with Crippen LogP contribution in [-0.2, 0) is 15.3 Å². The van der Waals surface area contributed by atoms with Crippen LogP contribution in [0.15, 0.2) is 18.2 Å². The van der Waals surface area contributed by atoms with E-state index in [1.807, 2.05) is 0 Å². The van der Waals surface area contributed by atoms with Gasteiger partial charge in [-0.2, -0.15) is 11.8 Å². The fourth-order valence-electron chi connectivity index (χ4n) is 1.73. The lowest BCUT2D eigenvalue weighted by atomic mass is 10.1. The Balaban J connectivity index is 2.36. The quantitative estimate of drug-likeness (QED) is 0.635. The summed E-state index contributed by atoms with van der Waals surface area (Å²) in [5, 5.41) is 0. The van der Waals surface area contributed by atoms with Gasteiger partial charge in [-0.05, 0) is 42.7 Å². The van der Waals surface area contributed by atoms with Gasteiger partial charge in [0.1, 0.15) is 6.04 Å². The maximum Gasteiger partial charge on any atom is 0.322 e. The van der Waals surface area contributed by atoms with Crippen LogP contribution in [0.4, 0.5) is 0 Å². The van der Waals surface area contributed by atoms with Gasteiger partial charge in [0.25, 0.3) is 0 Å². The lowest BCUT2D eigenvalue weighted by Gasteiger charge is -2.11. The van der Waals surface area contributed by atoms with E-state index in [-0.39, 0.29) is 5.97 Å². The summed E-state index contributed by atoms with van der Waals surface area (Å²) < 4.78 is 4.59. The van der Waals surface area contributed by atoms with Crippen LogP contribution < -0.4 is 5.73 Å². The minimum Gasteiger partial charge on any atom is -0.468 e. The number of esters is 1. The number of aryl methyl sites for hydroxylation is 2. The SMILES string of the molecule is COC(=O)C(N)CCSCc1c(C)cccc1C. The fourth-order valence-corrected chi connectivity index (χ4v) is 2.95. The maximum atomic E-state index is 11.1. The van der Waals surface area contributed by atoms with Crippen molar-refractivity contribution in [1.29, 1.82) is 0 Å². The predicted octanol–water partition coefficient (Wildman–Crippen LogP) is 2.43. The molecular formula is C14H21NO2S. The number of benzene rings is 1. The highest BCUT2D eigenvalue weighted by atomic mass is 32.2. The molecule has 0 fully saturated rings. The number of nitrogens with two attached hydrogens (primary N) is 1. The highest BCUT2D eigenvalue weighted by Gasteiger charge is 2.12. The number of rotatable bonds is 6. The number of hydrogen-bond acceptors (Lipinski definition) is 4. The number of hydrogen-bond donors (Lipinski definition) is 1. The Morgan fingerprint density at radius 2 is 2.00 bits per heavy atom. The lowest BCUT2D eigenvalue weighted by Crippen LogP contribution is -2.31. The molecule has 0 spiro atoms. The van der Waals surface area contributed by atoms with Gasteiger partial charge < -0.3 is 10.5 Å². The summed E-state index contributed by atoms with van der Waals surface area (Å²) in [4.78, 5) is 11.1. The molecule has 1 rings (SSSR count). The Kier molecular flexibility index (Phi) is 6.22. The number of carbonyl (C=O) groups excluding carboxylic acids is 1. The molecule has 0 aliphatic rings. The zero-order valence-corrected chi connectivity index (χ0v) is 12.0. The van der Waals surface area contributed by atoms with Crippen LogP contribution >= 0.6 is 11.8 Å². The van der Waals surface area contributed by atoms with Crippen LogP contribution in [0.3, 0.4) is 0 Å². The van der Waals surface area contributed by atoms with Crippen LogP contribution in [0, 0.1) is 13.8 Å². The number of ether oxygens (including phenoxy) is 1. The molecule has 1 atom stereocenters. The molecule has 0 aromatic heterocycles. The number of methoxy groups -OCH3 is 1. The number of carbonyl (C=O) groups is 1. The third-order valence-electron chi connectivity index (χ3n) is 2.97. The first-order valence-corrected chi connectivity index (χ1v) is 7.18. The molecule has 1 unspecified atom stereocenters. The molecule has 100 valence electrons. The smallest absolute Gasteiger partial charge is 0.322 e. The van der Waals surface area contributed by atoms with Gasteiger partial charge in [0.15, 0.2) is 0 Å². The van der Waals surface area contributed by atoms with E-state index in [9.17, 15) is 4.79 Å². The summed E-state index contributed by atoms with van der Waals surface area (Å²) in [5.41, 5.74) is 9.70. The molecule has 0 bridgehead atoms. The number of thioether (sulfide) groups is 1. The molecule has 1 aromatic rings. The minimum atomic E-state index is -0.500. The molecule has 0 radical (unpaired) electrons. The standard InChI is InChI=1S/C14H21NO2S/c1-10-5-4-6-11(2)12(10)9-18-8-7-13(15)14(16)17-3/h4-6,13H,7-9,15H2,1-3H3. The van der Waals surface area contributed by atoms with E-state index in [1.165, 1.54) is 23.8 Å². The molecule has 2 N–H and O–H groups in total. The van der Waals surface area contributed by atoms with Crippen molar-refractivity contribution >= 4 is 17.7 Å². The molecule has 0 aliphatic carbocycles. The fraction of sp³-hybridized carbons (Fsp3) is 0.500. The lowest BCUT2D eigenvalue weighted by molar-refractivity contribution is -0.142. The Morgan fingerprint density at radius 3 is 2.56 bits per heavy atom. The van der Waals surface area contributed by atoms with Crippen molar-refractivity contribution in [2.45, 2.75) is 32.1 Å². The molecule has 3 nitrogen and oxygen atoms in total. The van der Waals surface area contributed by atoms with Crippen LogP contribution in [0.2, 0.25) is 0 Å². The van der Waals surface area contributed by atoms with Crippen molar-refractivity contribution in [3.8, 4) is 0 Å². The first-order valence-electron chi connectivity index (χ1n) is 6.02. The molecule has 0 saturated carbocycles. The average Bonchev–Trinajstić information content (AvgIpc) is 2.36. The molecule has 0 aliphatic heterocycles. The zero-order chi connectivity index (χ0) is 13.5. The van der Waals surface area contributed by atoms with E-state index in [0.717, 1.165) is 11.5 Å². The van der Waals surface area contributed by atoms with Crippen molar-refractivity contribution in [1.82, 2.24) is 0 Å². The van der Waals surface area contributed by atoms with Gasteiger partial charge in [-0.15, -0.1) is 0 Å². The van der Waals surface area contributed by atoms with Gasteiger partial charge in [0.05, 0.1) is 7.11 Å². The van der Waals surface area contributed by atoms with Crippen molar-refractivity contribution < 1.29 is 9.53 Å². The topological polar surface area (TPSA) is 52.3 Å². The Hall–Kier alpha value is -1.00. The van der Waals surface area contributed by atoms with E-state index in [2.05, 4.69) is 36.8 Å². The first-order chi connectivity index (χ1) is 8.56. The van der Waals surface area contributed by atoms with Crippen LogP contribution in [0.25, 0.3) is 0 Å². The monoisotopic (exact) mass is 267 g/mol. The molecule has 18 heavy (non-hydrogen) atoms. The molecule has 0 amide bonds. The van der Waals surface area contributed by atoms with E-state index in [4.69, 9.17) is 5.73 Å². The van der Waals surface area contributed by atoms with Gasteiger partial charge in [0.2, 0.25) is 0 Å². The molecule has 4 heteroatoms. The van der Waals surface area contributed by atoms with Crippen molar-refractivity contribution in [3.63, 3.8) is 0 Å². The van der Waals surface area contributed by atoms with E-state index >= 15 is 0 Å². The van der Waals surface area contributed by atoms with Gasteiger partial charge in [-0.25, -0.2) is 0 Å². The largest absolute Gasteiger partial charge is 0.468 e. The Bertz CT molecular complexity index is 387. The summed E-state index contributed by atoms with van der Waals surface area (Å²) in [6, 6.07) is 5.83. The summed E-state index contributed by atoms with van der Waals surface area (Å²) in [5.74, 6) is 1.50. The van der Waals surface area contributed by atoms with Crippen molar-refractivity contribution in [3.05, 3.63) is 34.9 Å². The Labute approximate surface area is 113 Å². The zero-order valence-electron chi connectivity index (χ0n) is 11.2. The summed E-state index contributed by atoms with van der Waals surface area (Å²) >= 11 is 1.80. The first kappa shape index (κ1) is 15.1. The second-order valence-electron chi connectivity index (χ2n) is 4.34. The third kappa shape index (κ3) is 4.35. The van der Waals surface area contributed by atoms with Gasteiger partial charge in [-0.1, -0.05) is 18.2 Å². The maximum absolute atomic E-state index is 11.1. The molecule has 0 saturated heterocycles. The summed E-state index contributed by atoms with van der Waals surface area (Å²) in [6.45, 7) is 4.26. The van der Waals surface area contributed by atoms with Crippen molar-refractivity contribution in [2.75, 3.05) is 12.9 Å². The highest BCUT2D eigenvalue weighted by Crippen LogP contribution is 2.20. The normalized spacial score (nSPS) is 12.2. The Morgan fingerprint density at radius 1 is 1.39 bits per heavy atom. The average molecular weight is 267 g/mol. The predicted molar refractivity (Wildman–Crippen MR) is 76.7 cm³/mol. The minimum absolute atomic E-state index is 0.331. The summed E-state index contributed by atoms with van der Waals surface area (Å²) in [7, 11) is 1.37. The molecular weight excluding hydrogens is 246 g/mol. The van der Waals surface area contributed by atoms with E-state index in [1.54, 1.807) is 11.8 Å². The summed E-state index contributed by atoms with van der Waals surface area (Å²) in [6.07, 6.45) is 0.655.